The van der Waals surface area contributed by atoms with Gasteiger partial charge >= 0.3 is 0 Å². The molecule has 6 heteroatoms. The van der Waals surface area contributed by atoms with Crippen molar-refractivity contribution >= 4 is 39.5 Å². The summed E-state index contributed by atoms with van der Waals surface area (Å²) in [5, 5.41) is 3.31. The van der Waals surface area contributed by atoms with E-state index in [1.165, 1.54) is 6.42 Å². The van der Waals surface area contributed by atoms with Gasteiger partial charge in [0.15, 0.2) is 0 Å². The predicted octanol–water partition coefficient (Wildman–Crippen LogP) is 7.02. The molecule has 1 N–H and O–H groups in total. The highest BCUT2D eigenvalue weighted by Gasteiger charge is 2.31. The van der Waals surface area contributed by atoms with Crippen molar-refractivity contribution in [1.82, 2.24) is 10.2 Å². The zero-order valence-electron chi connectivity index (χ0n) is 21.2. The van der Waals surface area contributed by atoms with E-state index in [-0.39, 0.29) is 17.9 Å². The molecule has 1 saturated carbocycles. The number of halogens is 1. The van der Waals surface area contributed by atoms with E-state index in [1.807, 2.05) is 72.8 Å². The van der Waals surface area contributed by atoms with Gasteiger partial charge in [-0.15, -0.1) is 11.8 Å². The van der Waals surface area contributed by atoms with Gasteiger partial charge in [-0.2, -0.15) is 0 Å². The number of thioether (sulfide) groups is 1. The maximum absolute atomic E-state index is 13.8. The van der Waals surface area contributed by atoms with Crippen LogP contribution in [0.25, 0.3) is 0 Å². The third kappa shape index (κ3) is 8.75. The number of hydrogen-bond acceptors (Lipinski definition) is 3. The normalized spacial score (nSPS) is 14.6. The molecule has 3 aromatic rings. The summed E-state index contributed by atoms with van der Waals surface area (Å²) < 4.78 is 0.961. The first-order valence-corrected chi connectivity index (χ1v) is 14.9. The van der Waals surface area contributed by atoms with Crippen LogP contribution in [0.15, 0.2) is 94.3 Å². The monoisotopic (exact) mass is 578 g/mol. The van der Waals surface area contributed by atoms with Crippen LogP contribution in [0.1, 0.15) is 49.7 Å². The van der Waals surface area contributed by atoms with E-state index in [0.717, 1.165) is 46.2 Å². The summed E-state index contributed by atoms with van der Waals surface area (Å²) in [4.78, 5) is 30.5. The second-order valence-corrected chi connectivity index (χ2v) is 11.7. The molecule has 37 heavy (non-hydrogen) atoms. The van der Waals surface area contributed by atoms with Crippen molar-refractivity contribution in [2.75, 3.05) is 5.75 Å². The van der Waals surface area contributed by atoms with Gasteiger partial charge in [-0.1, -0.05) is 95.9 Å². The molecule has 0 aliphatic heterocycles. The highest BCUT2D eigenvalue weighted by molar-refractivity contribution is 9.10. The van der Waals surface area contributed by atoms with E-state index in [4.69, 9.17) is 0 Å². The number of benzene rings is 3. The van der Waals surface area contributed by atoms with Crippen LogP contribution in [0.5, 0.6) is 0 Å². The first-order chi connectivity index (χ1) is 18.1. The van der Waals surface area contributed by atoms with E-state index in [0.29, 0.717) is 25.1 Å². The van der Waals surface area contributed by atoms with E-state index < -0.39 is 6.04 Å². The van der Waals surface area contributed by atoms with E-state index in [2.05, 4.69) is 33.4 Å². The van der Waals surface area contributed by atoms with E-state index in [1.54, 1.807) is 16.7 Å². The van der Waals surface area contributed by atoms with Crippen LogP contribution in [0.4, 0.5) is 0 Å². The summed E-state index contributed by atoms with van der Waals surface area (Å²) in [6.07, 6.45) is 6.40. The Morgan fingerprint density at radius 3 is 2.27 bits per heavy atom. The standard InChI is InChI=1S/C31H35BrN2O2S/c32-26-14-10-13-25(21-26)23-34(30(35)19-20-37-28-17-8-3-9-18-28)29(22-24-11-4-1-5-12-24)31(36)33-27-15-6-2-7-16-27/h1,3-5,8-14,17-18,21,27,29H,2,6-7,15-16,19-20,22-23H2,(H,33,36)/t29-/m1/s1. The van der Waals surface area contributed by atoms with Gasteiger partial charge < -0.3 is 10.2 Å². The largest absolute Gasteiger partial charge is 0.352 e. The summed E-state index contributed by atoms with van der Waals surface area (Å²) in [6.45, 7) is 0.393. The zero-order valence-corrected chi connectivity index (χ0v) is 23.6. The molecule has 194 valence electrons. The average Bonchev–Trinajstić information content (AvgIpc) is 2.92. The molecule has 1 aliphatic carbocycles. The zero-order chi connectivity index (χ0) is 25.9. The molecule has 0 unspecified atom stereocenters. The quantitative estimate of drug-likeness (QED) is 0.249. The highest BCUT2D eigenvalue weighted by atomic mass is 79.9. The Bertz CT molecular complexity index is 1140. The van der Waals surface area contributed by atoms with Crippen molar-refractivity contribution in [3.05, 3.63) is 101 Å². The Morgan fingerprint density at radius 2 is 1.57 bits per heavy atom. The molecule has 0 saturated heterocycles. The molecule has 1 atom stereocenters. The Morgan fingerprint density at radius 1 is 0.892 bits per heavy atom. The summed E-state index contributed by atoms with van der Waals surface area (Å²) in [7, 11) is 0. The second kappa shape index (κ2) is 14.4. The highest BCUT2D eigenvalue weighted by Crippen LogP contribution is 2.23. The second-order valence-electron chi connectivity index (χ2n) is 9.61. The van der Waals surface area contributed by atoms with Crippen molar-refractivity contribution in [3.63, 3.8) is 0 Å². The van der Waals surface area contributed by atoms with Crippen molar-refractivity contribution < 1.29 is 9.59 Å². The van der Waals surface area contributed by atoms with Crippen LogP contribution in [-0.4, -0.2) is 34.6 Å². The fraction of sp³-hybridized carbons (Fsp3) is 0.355. The number of carbonyl (C=O) groups is 2. The molecule has 4 rings (SSSR count). The number of hydrogen-bond donors (Lipinski definition) is 1. The van der Waals surface area contributed by atoms with Gasteiger partial charge in [0.2, 0.25) is 11.8 Å². The summed E-state index contributed by atoms with van der Waals surface area (Å²) in [6, 6.07) is 27.8. The Kier molecular flexibility index (Phi) is 10.7. The van der Waals surface area contributed by atoms with Gasteiger partial charge in [-0.25, -0.2) is 0 Å². The fourth-order valence-corrected chi connectivity index (χ4v) is 6.16. The number of rotatable bonds is 11. The van der Waals surface area contributed by atoms with Crippen LogP contribution in [-0.2, 0) is 22.6 Å². The minimum atomic E-state index is -0.572. The molecule has 4 nitrogen and oxygen atoms in total. The lowest BCUT2D eigenvalue weighted by molar-refractivity contribution is -0.141. The molecule has 1 fully saturated rings. The molecular weight excluding hydrogens is 544 g/mol. The van der Waals surface area contributed by atoms with Crippen LogP contribution < -0.4 is 5.32 Å². The van der Waals surface area contributed by atoms with Crippen LogP contribution >= 0.6 is 27.7 Å². The number of carbonyl (C=O) groups excluding carboxylic acids is 2. The van der Waals surface area contributed by atoms with Gasteiger partial charge in [0, 0.05) is 40.5 Å². The molecule has 0 heterocycles. The van der Waals surface area contributed by atoms with Gasteiger partial charge in [-0.3, -0.25) is 9.59 Å². The SMILES string of the molecule is O=C(NC1CCCCC1)[C@@H](Cc1ccccc1)N(Cc1cccc(Br)c1)C(=O)CCSc1ccccc1. The topological polar surface area (TPSA) is 49.4 Å². The van der Waals surface area contributed by atoms with Crippen molar-refractivity contribution in [3.8, 4) is 0 Å². The predicted molar refractivity (Wildman–Crippen MR) is 155 cm³/mol. The van der Waals surface area contributed by atoms with Gasteiger partial charge in [-0.05, 0) is 48.2 Å². The maximum Gasteiger partial charge on any atom is 0.243 e. The lowest BCUT2D eigenvalue weighted by atomic mass is 9.94. The van der Waals surface area contributed by atoms with Gasteiger partial charge in [0.25, 0.3) is 0 Å². The average molecular weight is 580 g/mol. The van der Waals surface area contributed by atoms with Gasteiger partial charge in [0.1, 0.15) is 6.04 Å². The maximum atomic E-state index is 13.8. The molecule has 1 aliphatic rings. The molecule has 0 aromatic heterocycles. The summed E-state index contributed by atoms with van der Waals surface area (Å²) in [5.41, 5.74) is 2.05. The summed E-state index contributed by atoms with van der Waals surface area (Å²) in [5.74, 6) is 0.623. The molecule has 0 radical (unpaired) electrons. The van der Waals surface area contributed by atoms with Crippen molar-refractivity contribution in [1.29, 1.82) is 0 Å². The minimum absolute atomic E-state index is 0.00290. The fourth-order valence-electron chi connectivity index (χ4n) is 4.85. The van der Waals surface area contributed by atoms with Crippen molar-refractivity contribution in [2.24, 2.45) is 0 Å². The third-order valence-corrected chi connectivity index (χ3v) is 8.30. The lowest BCUT2D eigenvalue weighted by Crippen LogP contribution is -2.52. The minimum Gasteiger partial charge on any atom is -0.352 e. The van der Waals surface area contributed by atoms with Crippen LogP contribution in [0, 0.1) is 0 Å². The van der Waals surface area contributed by atoms with Crippen LogP contribution in [0.2, 0.25) is 0 Å². The Balaban J connectivity index is 1.56. The lowest BCUT2D eigenvalue weighted by Gasteiger charge is -2.33. The molecule has 0 spiro atoms. The Labute approximate surface area is 233 Å². The first kappa shape index (κ1) is 27.5. The number of nitrogens with one attached hydrogen (secondary N) is 1. The third-order valence-electron chi connectivity index (χ3n) is 6.79. The summed E-state index contributed by atoms with van der Waals surface area (Å²) >= 11 is 5.23. The molecule has 0 bridgehead atoms. The molecule has 2 amide bonds. The number of nitrogens with zero attached hydrogens (tertiary/aromatic N) is 1. The molecular formula is C31H35BrN2O2S. The van der Waals surface area contributed by atoms with Gasteiger partial charge in [0.05, 0.1) is 0 Å². The smallest absolute Gasteiger partial charge is 0.243 e. The van der Waals surface area contributed by atoms with Crippen molar-refractivity contribution in [2.45, 2.75) is 68.5 Å². The molecule has 3 aromatic carbocycles. The van der Waals surface area contributed by atoms with E-state index >= 15 is 0 Å². The van der Waals surface area contributed by atoms with Crippen LogP contribution in [0.3, 0.4) is 0 Å². The first-order valence-electron chi connectivity index (χ1n) is 13.1. The number of amides is 2. The Hall–Kier alpha value is -2.57. The van der Waals surface area contributed by atoms with E-state index in [9.17, 15) is 9.59 Å².